The third-order valence-electron chi connectivity index (χ3n) is 9.74. The van der Waals surface area contributed by atoms with Gasteiger partial charge in [0.1, 0.15) is 42.0 Å². The van der Waals surface area contributed by atoms with Crippen LogP contribution >= 0.6 is 26.0 Å². The average Bonchev–Trinajstić information content (AvgIpc) is 3.86. The van der Waals surface area contributed by atoms with Crippen molar-refractivity contribution >= 4 is 49.0 Å². The minimum atomic E-state index is -5.27. The maximum absolute atomic E-state index is 16.4. The van der Waals surface area contributed by atoms with Crippen molar-refractivity contribution in [1.82, 2.24) is 29.1 Å². The van der Waals surface area contributed by atoms with Gasteiger partial charge in [-0.05, 0) is 54.6 Å². The van der Waals surface area contributed by atoms with E-state index in [-0.39, 0.29) is 28.5 Å². The van der Waals surface area contributed by atoms with Gasteiger partial charge in [0, 0.05) is 18.0 Å². The second-order valence-electron chi connectivity index (χ2n) is 13.9. The van der Waals surface area contributed by atoms with E-state index in [1.807, 2.05) is 18.0 Å². The van der Waals surface area contributed by atoms with Crippen LogP contribution in [-0.4, -0.2) is 89.9 Å². The number of aromatic nitrogens is 6. The number of anilines is 1. The number of rotatable bonds is 7. The number of hydrogen-bond acceptors (Lipinski definition) is 17. The Bertz CT molecular complexity index is 2650. The molecule has 0 radical (unpaired) electrons. The molecule has 4 N–H and O–H groups in total. The molecule has 0 saturated carbocycles. The van der Waals surface area contributed by atoms with Crippen LogP contribution in [0.3, 0.4) is 0 Å². The largest absolute Gasteiger partial charge is 0.472 e. The van der Waals surface area contributed by atoms with Crippen LogP contribution in [0.4, 0.5) is 14.6 Å². The Morgan fingerprint density at radius 2 is 1.63 bits per heavy atom. The van der Waals surface area contributed by atoms with Crippen LogP contribution < -0.4 is 21.7 Å². The highest BCUT2D eigenvalue weighted by Gasteiger charge is 2.55. The Morgan fingerprint density at radius 3 is 2.33 bits per heavy atom. The topological polar surface area (TPSA) is 261 Å². The third kappa shape index (κ3) is 8.60. The normalized spacial score (nSPS) is 30.9. The van der Waals surface area contributed by atoms with E-state index in [2.05, 4.69) is 15.0 Å². The van der Waals surface area contributed by atoms with Crippen molar-refractivity contribution in [3.63, 3.8) is 0 Å². The van der Waals surface area contributed by atoms with Gasteiger partial charge in [0.15, 0.2) is 36.3 Å². The summed E-state index contributed by atoms with van der Waals surface area (Å²) < 4.78 is 102. The zero-order valence-corrected chi connectivity index (χ0v) is 33.9. The summed E-state index contributed by atoms with van der Waals surface area (Å²) in [7, 11) is -5.27. The first-order chi connectivity index (χ1) is 28.6. The molecule has 4 bridgehead atoms. The van der Waals surface area contributed by atoms with Gasteiger partial charge in [-0.1, -0.05) is 29.8 Å². The van der Waals surface area contributed by atoms with Gasteiger partial charge in [0.25, 0.3) is 5.56 Å². The fraction of sp³-hybridized carbons (Fsp3) is 0.371. The standard InChI is InChI=1S/C35H35F2N7O13P2S/c1-17-3-8-21(18(2)11-17)34(46)53-20-6-4-19(5-7-20)14-60-59(50)52-13-23-25(36)28(33(55-23)44-16-41-27-30(38)39-15-40-31(27)44)56-58(48,49)51-12-22-26(37)29(57-59)32(54-22)43-10-9-24(45)42-35(43)47/h3-11,15-16,22-23,25-26,28-29,32-33H,12-14H2,1-2H3,(H,48,49)(H2,38,39,40)(H,42,45,47)/t22-,23-,25-,26-,28-,29-,32-,33-,59+/m1/s1. The van der Waals surface area contributed by atoms with Crippen molar-refractivity contribution in [2.24, 2.45) is 0 Å². The number of phosphoric acid groups is 1. The van der Waals surface area contributed by atoms with Crippen LogP contribution in [0, 0.1) is 13.8 Å². The number of nitrogens with one attached hydrogen (secondary N) is 1. The Hall–Kier alpha value is -4.67. The number of hydrogen-bond donors (Lipinski definition) is 3. The molecule has 2 aromatic carbocycles. The Kier molecular flexibility index (Phi) is 11.7. The summed E-state index contributed by atoms with van der Waals surface area (Å²) in [6, 6.07) is 12.4. The maximum atomic E-state index is 16.4. The number of nitrogens with zero attached hydrogens (tertiary/aromatic N) is 5. The fourth-order valence-corrected chi connectivity index (χ4v) is 11.1. The summed E-state index contributed by atoms with van der Waals surface area (Å²) in [5.74, 6) is -0.516. The van der Waals surface area contributed by atoms with Crippen LogP contribution in [0.1, 0.15) is 39.5 Å². The zero-order chi connectivity index (χ0) is 42.5. The number of ether oxygens (including phenoxy) is 3. The summed E-state index contributed by atoms with van der Waals surface area (Å²) >= 11 is 0.570. The molecule has 3 aliphatic rings. The van der Waals surface area contributed by atoms with Crippen molar-refractivity contribution in [1.29, 1.82) is 0 Å². The second-order valence-corrected chi connectivity index (χ2v) is 19.3. The van der Waals surface area contributed by atoms with Gasteiger partial charge in [0.05, 0.1) is 25.1 Å². The molecule has 8 rings (SSSR count). The van der Waals surface area contributed by atoms with Crippen LogP contribution in [0.15, 0.2) is 77.0 Å². The van der Waals surface area contributed by atoms with Crippen molar-refractivity contribution in [3.8, 4) is 5.75 Å². The predicted molar refractivity (Wildman–Crippen MR) is 206 cm³/mol. The number of phosphoric ester groups is 1. The molecule has 3 saturated heterocycles. The van der Waals surface area contributed by atoms with Gasteiger partial charge in [-0.15, -0.1) is 0 Å². The smallest absolute Gasteiger partial charge is 0.423 e. The molecule has 3 aromatic heterocycles. The molecule has 5 aromatic rings. The summed E-state index contributed by atoms with van der Waals surface area (Å²) in [4.78, 5) is 62.5. The molecule has 0 amide bonds. The average molecular weight is 894 g/mol. The van der Waals surface area contributed by atoms with Crippen molar-refractivity contribution in [2.75, 3.05) is 18.9 Å². The Labute approximate surface area is 341 Å². The van der Waals surface area contributed by atoms with Gasteiger partial charge in [-0.25, -0.2) is 42.5 Å². The van der Waals surface area contributed by atoms with Crippen LogP contribution in [-0.2, 0) is 42.5 Å². The van der Waals surface area contributed by atoms with E-state index in [1.165, 1.54) is 23.0 Å². The summed E-state index contributed by atoms with van der Waals surface area (Å²) in [5, 5.41) is 0. The number of aromatic amines is 1. The summed E-state index contributed by atoms with van der Waals surface area (Å²) in [6.07, 6.45) is -11.9. The minimum absolute atomic E-state index is 0.0261. The van der Waals surface area contributed by atoms with Gasteiger partial charge in [-0.3, -0.25) is 37.0 Å². The van der Waals surface area contributed by atoms with Gasteiger partial charge >= 0.3 is 26.3 Å². The first-order valence-electron chi connectivity index (χ1n) is 18.0. The SMILES string of the molecule is Cc1ccc(C(=O)Oc2ccc(CS[P@@]3(=O)OC[C@H]4O[C@@H](n5cnc6c(N)ncnc65)[C@H](OP(=O)(O)OC[C@H]5O[C@@H](n6ccc(=O)[nH]c6=O)[C@H](O3)[C@@H]5F)[C@@H]4F)cc2)c(C)c1. The molecule has 10 atom stereocenters. The first-order valence-corrected chi connectivity index (χ1v) is 22.7. The van der Waals surface area contributed by atoms with E-state index in [4.69, 9.17) is 38.0 Å². The fourth-order valence-electron chi connectivity index (χ4n) is 6.79. The number of halogens is 2. The second kappa shape index (κ2) is 16.7. The number of nitrogen functional groups attached to an aromatic ring is 1. The number of nitrogens with two attached hydrogens (primary N) is 1. The van der Waals surface area contributed by atoms with E-state index < -0.39 is 94.3 Å². The van der Waals surface area contributed by atoms with Crippen LogP contribution in [0.2, 0.25) is 0 Å². The first kappa shape index (κ1) is 42.0. The molecule has 60 heavy (non-hydrogen) atoms. The highest BCUT2D eigenvalue weighted by molar-refractivity contribution is 8.54. The van der Waals surface area contributed by atoms with E-state index >= 15 is 8.78 Å². The molecule has 6 heterocycles. The van der Waals surface area contributed by atoms with E-state index in [1.54, 1.807) is 31.2 Å². The van der Waals surface area contributed by atoms with E-state index in [0.29, 0.717) is 22.5 Å². The number of carbonyl (C=O) groups excluding carboxylic acids is 1. The molecule has 1 unspecified atom stereocenters. The van der Waals surface area contributed by atoms with E-state index in [9.17, 15) is 28.4 Å². The quantitative estimate of drug-likeness (QED) is 0.117. The predicted octanol–water partition coefficient (Wildman–Crippen LogP) is 4.22. The minimum Gasteiger partial charge on any atom is -0.423 e. The highest BCUT2D eigenvalue weighted by Crippen LogP contribution is 2.65. The Morgan fingerprint density at radius 1 is 0.950 bits per heavy atom. The number of fused-ring (bicyclic) bond motifs is 5. The molecule has 318 valence electrons. The summed E-state index contributed by atoms with van der Waals surface area (Å²) in [6.45, 7) is -2.86. The number of H-pyrrole nitrogens is 1. The van der Waals surface area contributed by atoms with Gasteiger partial charge < -0.3 is 24.8 Å². The van der Waals surface area contributed by atoms with Gasteiger partial charge in [0.2, 0.25) is 0 Å². The highest BCUT2D eigenvalue weighted by atomic mass is 32.7. The van der Waals surface area contributed by atoms with Crippen LogP contribution in [0.25, 0.3) is 11.2 Å². The lowest BCUT2D eigenvalue weighted by Gasteiger charge is -2.27. The third-order valence-corrected chi connectivity index (χ3v) is 14.4. The molecule has 3 aliphatic heterocycles. The monoisotopic (exact) mass is 893 g/mol. The number of esters is 1. The van der Waals surface area contributed by atoms with Crippen molar-refractivity contribution in [2.45, 2.75) is 68.8 Å². The number of alkyl halides is 2. The van der Waals surface area contributed by atoms with Crippen molar-refractivity contribution < 1.29 is 59.9 Å². The van der Waals surface area contributed by atoms with Gasteiger partial charge in [-0.2, -0.15) is 0 Å². The molecule has 0 spiro atoms. The molecule has 0 aliphatic carbocycles. The lowest BCUT2D eigenvalue weighted by molar-refractivity contribution is -0.0648. The van der Waals surface area contributed by atoms with Crippen molar-refractivity contribution in [3.05, 3.63) is 110 Å². The molecule has 3 fully saturated rings. The summed E-state index contributed by atoms with van der Waals surface area (Å²) in [5.41, 5.74) is 6.83. The van der Waals surface area contributed by atoms with Crippen LogP contribution in [0.5, 0.6) is 5.75 Å². The number of carbonyl (C=O) groups is 1. The number of benzene rings is 2. The lowest BCUT2D eigenvalue weighted by Crippen LogP contribution is -2.38. The molecule has 25 heteroatoms. The Balaban J connectivity index is 1.09. The maximum Gasteiger partial charge on any atom is 0.472 e. The van der Waals surface area contributed by atoms with E-state index in [0.717, 1.165) is 34.3 Å². The number of imidazole rings is 1. The molecular formula is C35H35F2N7O13P2S. The molecular weight excluding hydrogens is 858 g/mol. The number of aryl methyl sites for hydroxylation is 2. The lowest BCUT2D eigenvalue weighted by atomic mass is 10.1. The zero-order valence-electron chi connectivity index (χ0n) is 31.3. The molecule has 20 nitrogen and oxygen atoms in total.